The lowest BCUT2D eigenvalue weighted by Crippen LogP contribution is -2.24. The highest BCUT2D eigenvalue weighted by molar-refractivity contribution is 6.04. The van der Waals surface area contributed by atoms with Gasteiger partial charge >= 0.3 is 0 Å². The average Bonchev–Trinajstić information content (AvgIpc) is 2.49. The minimum absolute atomic E-state index is 0.0655. The van der Waals surface area contributed by atoms with Crippen LogP contribution >= 0.6 is 0 Å². The number of ether oxygens (including phenoxy) is 1. The minimum atomic E-state index is -0.695. The van der Waals surface area contributed by atoms with Crippen LogP contribution in [0.15, 0.2) is 42.5 Å². The summed E-state index contributed by atoms with van der Waals surface area (Å²) in [7, 11) is 0. The number of Topliss-reactive ketones (excluding diaryl/α,β-unsaturated/α-hetero) is 1. The Bertz CT molecular complexity index is 700. The van der Waals surface area contributed by atoms with Gasteiger partial charge in [0.15, 0.2) is 6.10 Å². The topological polar surface area (TPSA) is 72.5 Å². The molecule has 1 atom stereocenters. The van der Waals surface area contributed by atoms with E-state index in [1.807, 2.05) is 24.3 Å². The summed E-state index contributed by atoms with van der Waals surface area (Å²) in [5.74, 6) is 0.258. The van der Waals surface area contributed by atoms with Crippen molar-refractivity contribution in [2.45, 2.75) is 39.2 Å². The number of phenolic OH excluding ortho intramolecular Hbond substituents is 1. The molecule has 0 heterocycles. The molecule has 122 valence electrons. The number of ketones is 1. The molecule has 0 saturated carbocycles. The van der Waals surface area contributed by atoms with Gasteiger partial charge in [-0.1, -0.05) is 39.0 Å². The molecule has 2 aromatic carbocycles. The number of phenols is 1. The van der Waals surface area contributed by atoms with Gasteiger partial charge in [-0.15, -0.1) is 0 Å². The molecule has 2 rings (SSSR count). The SMILES string of the molecule is CC(Oc1ccc(C(C)(C)C)cc1)C(=O)c1cccc(O)c1N. The highest BCUT2D eigenvalue weighted by Crippen LogP contribution is 2.27. The summed E-state index contributed by atoms with van der Waals surface area (Å²) in [5, 5.41) is 9.61. The van der Waals surface area contributed by atoms with Crippen LogP contribution in [0.2, 0.25) is 0 Å². The van der Waals surface area contributed by atoms with Crippen molar-refractivity contribution in [2.24, 2.45) is 0 Å². The molecule has 23 heavy (non-hydrogen) atoms. The van der Waals surface area contributed by atoms with E-state index in [1.165, 1.54) is 11.6 Å². The number of anilines is 1. The van der Waals surface area contributed by atoms with Crippen molar-refractivity contribution >= 4 is 11.5 Å². The first-order chi connectivity index (χ1) is 10.7. The van der Waals surface area contributed by atoms with Crippen LogP contribution in [0.4, 0.5) is 5.69 Å². The zero-order valence-corrected chi connectivity index (χ0v) is 14.0. The molecular formula is C19H23NO3. The third-order valence-electron chi connectivity index (χ3n) is 3.75. The summed E-state index contributed by atoms with van der Waals surface area (Å²) in [4.78, 5) is 12.4. The van der Waals surface area contributed by atoms with Gasteiger partial charge in [0.05, 0.1) is 5.69 Å². The van der Waals surface area contributed by atoms with Crippen LogP contribution in [0.5, 0.6) is 11.5 Å². The number of rotatable bonds is 4. The van der Waals surface area contributed by atoms with E-state index < -0.39 is 6.10 Å². The van der Waals surface area contributed by atoms with Crippen LogP contribution in [0, 0.1) is 0 Å². The first kappa shape index (κ1) is 16.9. The van der Waals surface area contributed by atoms with Gasteiger partial charge in [-0.05, 0) is 42.2 Å². The lowest BCUT2D eigenvalue weighted by molar-refractivity contribution is 0.0818. The van der Waals surface area contributed by atoms with Crippen molar-refractivity contribution < 1.29 is 14.6 Å². The van der Waals surface area contributed by atoms with E-state index in [9.17, 15) is 9.90 Å². The molecule has 2 aromatic rings. The van der Waals surface area contributed by atoms with Gasteiger partial charge < -0.3 is 15.6 Å². The molecule has 0 saturated heterocycles. The number of carbonyl (C=O) groups is 1. The fourth-order valence-corrected chi connectivity index (χ4v) is 2.28. The van der Waals surface area contributed by atoms with Crippen LogP contribution in [0.25, 0.3) is 0 Å². The molecule has 3 N–H and O–H groups in total. The lowest BCUT2D eigenvalue weighted by atomic mass is 9.87. The Hall–Kier alpha value is -2.49. The summed E-state index contributed by atoms with van der Waals surface area (Å²) in [6, 6.07) is 12.3. The first-order valence-electron chi connectivity index (χ1n) is 7.59. The van der Waals surface area contributed by atoms with E-state index >= 15 is 0 Å². The number of carbonyl (C=O) groups excluding carboxylic acids is 1. The molecule has 0 aromatic heterocycles. The van der Waals surface area contributed by atoms with Gasteiger partial charge in [0.2, 0.25) is 5.78 Å². The normalized spacial score (nSPS) is 12.7. The molecule has 0 aliphatic rings. The first-order valence-corrected chi connectivity index (χ1v) is 7.59. The second kappa shape index (κ2) is 6.32. The van der Waals surface area contributed by atoms with Gasteiger partial charge in [-0.2, -0.15) is 0 Å². The Morgan fingerprint density at radius 1 is 1.13 bits per heavy atom. The third-order valence-corrected chi connectivity index (χ3v) is 3.75. The predicted octanol–water partition coefficient (Wildman–Crippen LogP) is 3.92. The maximum absolute atomic E-state index is 12.4. The number of nitrogens with two attached hydrogens (primary N) is 1. The van der Waals surface area contributed by atoms with E-state index in [0.717, 1.165) is 0 Å². The second-order valence-corrected chi connectivity index (χ2v) is 6.64. The van der Waals surface area contributed by atoms with E-state index in [-0.39, 0.29) is 28.2 Å². The smallest absolute Gasteiger partial charge is 0.205 e. The van der Waals surface area contributed by atoms with Crippen molar-refractivity contribution in [3.8, 4) is 11.5 Å². The summed E-state index contributed by atoms with van der Waals surface area (Å²) in [5.41, 5.74) is 7.36. The van der Waals surface area contributed by atoms with Gasteiger partial charge in [0.1, 0.15) is 11.5 Å². The molecule has 4 heteroatoms. The van der Waals surface area contributed by atoms with Gasteiger partial charge in [-0.3, -0.25) is 4.79 Å². The fraction of sp³-hybridized carbons (Fsp3) is 0.316. The molecule has 0 fully saturated rings. The summed E-state index contributed by atoms with van der Waals surface area (Å²) < 4.78 is 5.71. The molecule has 0 amide bonds. The van der Waals surface area contributed by atoms with Crippen molar-refractivity contribution in [2.75, 3.05) is 5.73 Å². The maximum atomic E-state index is 12.4. The number of para-hydroxylation sites is 1. The Morgan fingerprint density at radius 2 is 1.74 bits per heavy atom. The van der Waals surface area contributed by atoms with E-state index in [1.54, 1.807) is 19.1 Å². The van der Waals surface area contributed by atoms with E-state index in [0.29, 0.717) is 5.75 Å². The standard InChI is InChI=1S/C19H23NO3/c1-12(18(22)15-6-5-7-16(21)17(15)20)23-14-10-8-13(9-11-14)19(2,3)4/h5-12,21H,20H2,1-4H3. The number of hydrogen-bond donors (Lipinski definition) is 2. The quantitative estimate of drug-likeness (QED) is 0.510. The van der Waals surface area contributed by atoms with Crippen molar-refractivity contribution in [1.29, 1.82) is 0 Å². The lowest BCUT2D eigenvalue weighted by Gasteiger charge is -2.20. The van der Waals surface area contributed by atoms with Crippen LogP contribution in [0.3, 0.4) is 0 Å². The largest absolute Gasteiger partial charge is 0.506 e. The Morgan fingerprint density at radius 3 is 2.30 bits per heavy atom. The number of hydrogen-bond acceptors (Lipinski definition) is 4. The van der Waals surface area contributed by atoms with Crippen LogP contribution in [-0.2, 0) is 5.41 Å². The summed E-state index contributed by atoms with van der Waals surface area (Å²) in [6.07, 6.45) is -0.695. The Kier molecular flexibility index (Phi) is 4.64. The monoisotopic (exact) mass is 313 g/mol. The second-order valence-electron chi connectivity index (χ2n) is 6.64. The fourth-order valence-electron chi connectivity index (χ4n) is 2.28. The summed E-state index contributed by atoms with van der Waals surface area (Å²) >= 11 is 0. The molecule has 0 spiro atoms. The molecule has 0 aliphatic heterocycles. The predicted molar refractivity (Wildman–Crippen MR) is 92.1 cm³/mol. The van der Waals surface area contributed by atoms with Gasteiger partial charge in [-0.25, -0.2) is 0 Å². The molecule has 0 radical (unpaired) electrons. The molecule has 0 aliphatic carbocycles. The zero-order chi connectivity index (χ0) is 17.2. The number of aromatic hydroxyl groups is 1. The molecule has 0 bridgehead atoms. The van der Waals surface area contributed by atoms with E-state index in [2.05, 4.69) is 20.8 Å². The van der Waals surface area contributed by atoms with E-state index in [4.69, 9.17) is 10.5 Å². The average molecular weight is 313 g/mol. The van der Waals surface area contributed by atoms with Crippen molar-refractivity contribution in [3.63, 3.8) is 0 Å². The number of nitrogen functional groups attached to an aromatic ring is 1. The van der Waals surface area contributed by atoms with Crippen LogP contribution < -0.4 is 10.5 Å². The molecule has 4 nitrogen and oxygen atoms in total. The maximum Gasteiger partial charge on any atom is 0.205 e. The van der Waals surface area contributed by atoms with Crippen LogP contribution in [0.1, 0.15) is 43.6 Å². The van der Waals surface area contributed by atoms with Gasteiger partial charge in [0, 0.05) is 5.56 Å². The highest BCUT2D eigenvalue weighted by Gasteiger charge is 2.21. The zero-order valence-electron chi connectivity index (χ0n) is 14.0. The Labute approximate surface area is 136 Å². The number of benzene rings is 2. The molecule has 1 unspecified atom stereocenters. The molecular weight excluding hydrogens is 290 g/mol. The Balaban J connectivity index is 2.14. The highest BCUT2D eigenvalue weighted by atomic mass is 16.5. The van der Waals surface area contributed by atoms with Gasteiger partial charge in [0.25, 0.3) is 0 Å². The van der Waals surface area contributed by atoms with Crippen LogP contribution in [-0.4, -0.2) is 17.0 Å². The minimum Gasteiger partial charge on any atom is -0.506 e. The van der Waals surface area contributed by atoms with Crippen molar-refractivity contribution in [3.05, 3.63) is 53.6 Å². The van der Waals surface area contributed by atoms with Crippen molar-refractivity contribution in [1.82, 2.24) is 0 Å². The summed E-state index contributed by atoms with van der Waals surface area (Å²) in [6.45, 7) is 8.09. The third kappa shape index (κ3) is 3.83.